The summed E-state index contributed by atoms with van der Waals surface area (Å²) in [6, 6.07) is 4.51. The van der Waals surface area contributed by atoms with Crippen molar-refractivity contribution < 1.29 is 9.18 Å². The van der Waals surface area contributed by atoms with Gasteiger partial charge in [0.25, 0.3) is 0 Å². The third-order valence-electron chi connectivity index (χ3n) is 2.38. The van der Waals surface area contributed by atoms with E-state index in [4.69, 9.17) is 0 Å². The Balaban J connectivity index is 2.29. The molecule has 6 heteroatoms. The van der Waals surface area contributed by atoms with Crippen molar-refractivity contribution >= 4 is 23.5 Å². The maximum atomic E-state index is 13.5. The summed E-state index contributed by atoms with van der Waals surface area (Å²) in [5.74, 6) is 0.530. The van der Waals surface area contributed by atoms with Crippen LogP contribution in [0.2, 0.25) is 0 Å². The third kappa shape index (κ3) is 2.58. The molecular weight excluding hydrogens is 241 g/mol. The first-order valence-electron chi connectivity index (χ1n) is 5.18. The van der Waals surface area contributed by atoms with Crippen LogP contribution in [-0.4, -0.2) is 24.5 Å². The van der Waals surface area contributed by atoms with Gasteiger partial charge < -0.3 is 5.32 Å². The topological polar surface area (TPSA) is 53.5 Å². The van der Waals surface area contributed by atoms with Crippen molar-refractivity contribution in [2.45, 2.75) is 11.3 Å². The highest BCUT2D eigenvalue weighted by atomic mass is 32.2. The van der Waals surface area contributed by atoms with Crippen LogP contribution in [0.1, 0.15) is 12.0 Å². The summed E-state index contributed by atoms with van der Waals surface area (Å²) in [6.45, 7) is 0. The summed E-state index contributed by atoms with van der Waals surface area (Å²) in [5, 5.41) is 6.41. The molecule has 4 nitrogen and oxygen atoms in total. The number of thioether (sulfide) groups is 1. The first-order chi connectivity index (χ1) is 8.22. The monoisotopic (exact) mass is 253 g/mol. The van der Waals surface area contributed by atoms with E-state index in [0.717, 1.165) is 11.3 Å². The molecule has 0 aliphatic carbocycles. The number of rotatable bonds is 1. The van der Waals surface area contributed by atoms with Crippen LogP contribution < -0.4 is 10.7 Å². The molecule has 0 saturated heterocycles. The number of halogens is 1. The van der Waals surface area contributed by atoms with Crippen molar-refractivity contribution in [3.63, 3.8) is 0 Å². The predicted octanol–water partition coefficient (Wildman–Crippen LogP) is 1.95. The van der Waals surface area contributed by atoms with Crippen LogP contribution in [0.3, 0.4) is 0 Å². The summed E-state index contributed by atoms with van der Waals surface area (Å²) in [4.78, 5) is 11.6. The van der Waals surface area contributed by atoms with Gasteiger partial charge in [0, 0.05) is 24.8 Å². The molecule has 1 heterocycles. The second-order valence-electron chi connectivity index (χ2n) is 3.46. The van der Waals surface area contributed by atoms with Gasteiger partial charge in [-0.25, -0.2) is 14.6 Å². The molecule has 1 aromatic rings. The number of carbonyl (C=O) groups excluding carboxylic acids is 1. The third-order valence-corrected chi connectivity index (χ3v) is 3.49. The fourth-order valence-electron chi connectivity index (χ4n) is 1.56. The average Bonchev–Trinajstić information content (AvgIpc) is 2.36. The van der Waals surface area contributed by atoms with E-state index in [1.807, 2.05) is 6.07 Å². The Morgan fingerprint density at radius 2 is 2.35 bits per heavy atom. The van der Waals surface area contributed by atoms with Crippen LogP contribution in [0.25, 0.3) is 0 Å². The van der Waals surface area contributed by atoms with Crippen molar-refractivity contribution in [1.82, 2.24) is 10.7 Å². The zero-order chi connectivity index (χ0) is 12.3. The fourth-order valence-corrected chi connectivity index (χ4v) is 2.60. The van der Waals surface area contributed by atoms with Gasteiger partial charge in [0.05, 0.1) is 10.6 Å². The normalized spacial score (nSPS) is 16.5. The molecule has 0 bridgehead atoms. The van der Waals surface area contributed by atoms with Gasteiger partial charge in [-0.1, -0.05) is 12.1 Å². The van der Waals surface area contributed by atoms with Gasteiger partial charge in [-0.2, -0.15) is 5.10 Å². The van der Waals surface area contributed by atoms with Gasteiger partial charge in [-0.3, -0.25) is 0 Å². The quantitative estimate of drug-likeness (QED) is 0.752. The number of hydrazone groups is 1. The first-order valence-corrected chi connectivity index (χ1v) is 6.17. The minimum atomic E-state index is -0.381. The Bertz CT molecular complexity index is 476. The molecule has 0 aromatic heterocycles. The second-order valence-corrected chi connectivity index (χ2v) is 4.57. The van der Waals surface area contributed by atoms with E-state index in [1.165, 1.54) is 24.9 Å². The Morgan fingerprint density at radius 3 is 3.12 bits per heavy atom. The molecule has 17 heavy (non-hydrogen) atoms. The fraction of sp³-hybridized carbons (Fsp3) is 0.273. The van der Waals surface area contributed by atoms with E-state index in [9.17, 15) is 9.18 Å². The van der Waals surface area contributed by atoms with Crippen LogP contribution in [0.5, 0.6) is 0 Å². The van der Waals surface area contributed by atoms with E-state index >= 15 is 0 Å². The van der Waals surface area contributed by atoms with Gasteiger partial charge in [-0.15, -0.1) is 11.8 Å². The summed E-state index contributed by atoms with van der Waals surface area (Å²) in [5.41, 5.74) is 3.84. The van der Waals surface area contributed by atoms with Crippen LogP contribution in [-0.2, 0) is 0 Å². The SMILES string of the molecule is CNC(=O)N/N=C1/CCSc2c(F)cccc21. The van der Waals surface area contributed by atoms with Gasteiger partial charge in [0.2, 0.25) is 0 Å². The molecule has 2 N–H and O–H groups in total. The smallest absolute Gasteiger partial charge is 0.334 e. The van der Waals surface area contributed by atoms with E-state index < -0.39 is 0 Å². The van der Waals surface area contributed by atoms with E-state index in [1.54, 1.807) is 6.07 Å². The Hall–Kier alpha value is -1.56. The number of carbonyl (C=O) groups is 1. The van der Waals surface area contributed by atoms with Crippen molar-refractivity contribution in [3.8, 4) is 0 Å². The highest BCUT2D eigenvalue weighted by molar-refractivity contribution is 7.99. The maximum absolute atomic E-state index is 13.5. The molecule has 0 atom stereocenters. The second kappa shape index (κ2) is 5.18. The highest BCUT2D eigenvalue weighted by Crippen LogP contribution is 2.32. The molecule has 90 valence electrons. The average molecular weight is 253 g/mol. The lowest BCUT2D eigenvalue weighted by Gasteiger charge is -2.17. The van der Waals surface area contributed by atoms with Crippen LogP contribution in [0.15, 0.2) is 28.2 Å². The van der Waals surface area contributed by atoms with Gasteiger partial charge in [-0.05, 0) is 6.07 Å². The molecular formula is C11H12FN3OS. The summed E-state index contributed by atoms with van der Waals surface area (Å²) >= 11 is 1.47. The lowest BCUT2D eigenvalue weighted by molar-refractivity contribution is 0.243. The Labute approximate surface area is 103 Å². The van der Waals surface area contributed by atoms with Gasteiger partial charge >= 0.3 is 6.03 Å². The molecule has 1 aliphatic rings. The molecule has 0 saturated carbocycles. The maximum Gasteiger partial charge on any atom is 0.334 e. The molecule has 2 rings (SSSR count). The van der Waals surface area contributed by atoms with Crippen molar-refractivity contribution in [2.24, 2.45) is 5.10 Å². The molecule has 0 unspecified atom stereocenters. The zero-order valence-corrected chi connectivity index (χ0v) is 10.1. The summed E-state index contributed by atoms with van der Waals surface area (Å²) in [6.07, 6.45) is 0.713. The Morgan fingerprint density at radius 1 is 1.53 bits per heavy atom. The van der Waals surface area contributed by atoms with E-state index in [-0.39, 0.29) is 11.8 Å². The number of fused-ring (bicyclic) bond motifs is 1. The minimum absolute atomic E-state index is 0.236. The first kappa shape index (κ1) is 11.9. The molecule has 1 aromatic carbocycles. The van der Waals surface area contributed by atoms with Gasteiger partial charge in [0.15, 0.2) is 0 Å². The summed E-state index contributed by atoms with van der Waals surface area (Å²) in [7, 11) is 1.51. The summed E-state index contributed by atoms with van der Waals surface area (Å²) < 4.78 is 13.5. The van der Waals surface area contributed by atoms with Crippen molar-refractivity contribution in [1.29, 1.82) is 0 Å². The molecule has 0 radical (unpaired) electrons. The number of hydrogen-bond acceptors (Lipinski definition) is 3. The van der Waals surface area contributed by atoms with Crippen molar-refractivity contribution in [3.05, 3.63) is 29.6 Å². The molecule has 0 spiro atoms. The largest absolute Gasteiger partial charge is 0.340 e. The standard InChI is InChI=1S/C11H12FN3OS/c1-13-11(16)15-14-9-5-6-17-10-7(9)3-2-4-8(10)12/h2-4H,5-6H2,1H3,(H2,13,15,16)/b14-9-. The van der Waals surface area contributed by atoms with E-state index in [0.29, 0.717) is 17.0 Å². The molecule has 1 aliphatic heterocycles. The number of nitrogens with one attached hydrogen (secondary N) is 2. The van der Waals surface area contributed by atoms with Gasteiger partial charge in [0.1, 0.15) is 5.82 Å². The lowest BCUT2D eigenvalue weighted by Crippen LogP contribution is -2.30. The molecule has 2 amide bonds. The minimum Gasteiger partial charge on any atom is -0.340 e. The van der Waals surface area contributed by atoms with Crippen LogP contribution in [0, 0.1) is 5.82 Å². The number of nitrogens with zero attached hydrogens (tertiary/aromatic N) is 1. The van der Waals surface area contributed by atoms with Crippen LogP contribution in [0.4, 0.5) is 9.18 Å². The number of amides is 2. The van der Waals surface area contributed by atoms with Crippen LogP contribution >= 0.6 is 11.8 Å². The Kier molecular flexibility index (Phi) is 3.63. The number of hydrogen-bond donors (Lipinski definition) is 2. The predicted molar refractivity (Wildman–Crippen MR) is 65.9 cm³/mol. The number of benzene rings is 1. The molecule has 0 fully saturated rings. The van der Waals surface area contributed by atoms with E-state index in [2.05, 4.69) is 15.8 Å². The lowest BCUT2D eigenvalue weighted by atomic mass is 10.1. The van der Waals surface area contributed by atoms with Crippen molar-refractivity contribution in [2.75, 3.05) is 12.8 Å². The highest BCUT2D eigenvalue weighted by Gasteiger charge is 2.19. The zero-order valence-electron chi connectivity index (χ0n) is 9.29. The number of urea groups is 1.